The van der Waals surface area contributed by atoms with E-state index in [1.807, 2.05) is 6.07 Å². The molecule has 148 valence electrons. The zero-order chi connectivity index (χ0) is 19.7. The fourth-order valence-electron chi connectivity index (χ4n) is 3.02. The van der Waals surface area contributed by atoms with Gasteiger partial charge >= 0.3 is 29.6 Å². The summed E-state index contributed by atoms with van der Waals surface area (Å²) >= 11 is 0. The van der Waals surface area contributed by atoms with E-state index in [1.54, 1.807) is 24.3 Å². The summed E-state index contributed by atoms with van der Waals surface area (Å²) in [6.45, 7) is 2.16. The van der Waals surface area contributed by atoms with Gasteiger partial charge in [-0.25, -0.2) is 0 Å². The zero-order valence-electron chi connectivity index (χ0n) is 16.7. The van der Waals surface area contributed by atoms with Crippen LogP contribution >= 0.6 is 0 Å². The molecule has 0 heterocycles. The summed E-state index contributed by atoms with van der Waals surface area (Å²) in [5.74, 6) is 0.0718. The molecule has 7 heteroatoms. The van der Waals surface area contributed by atoms with Gasteiger partial charge in [0, 0.05) is 0 Å². The van der Waals surface area contributed by atoms with Crippen molar-refractivity contribution < 1.29 is 52.4 Å². The summed E-state index contributed by atoms with van der Waals surface area (Å²) in [6, 6.07) is 11.4. The molecule has 2 rings (SSSR count). The minimum Gasteiger partial charge on any atom is -0.870 e. The largest absolute Gasteiger partial charge is 1.00 e. The van der Waals surface area contributed by atoms with Crippen LogP contribution in [0.25, 0.3) is 0 Å². The van der Waals surface area contributed by atoms with Gasteiger partial charge in [-0.2, -0.15) is 8.42 Å². The molecule has 2 aromatic carbocycles. The van der Waals surface area contributed by atoms with E-state index in [0.29, 0.717) is 18.6 Å². The van der Waals surface area contributed by atoms with Gasteiger partial charge in [0.05, 0.1) is 4.90 Å². The number of benzene rings is 2. The summed E-state index contributed by atoms with van der Waals surface area (Å²) in [4.78, 5) is -0.320. The topological polar surface area (TPSA) is 86.7 Å². The molecular weight excluding hydrogens is 387 g/mol. The van der Waals surface area contributed by atoms with Crippen molar-refractivity contribution in [2.24, 2.45) is 0 Å². The van der Waals surface area contributed by atoms with Crippen LogP contribution in [0.3, 0.4) is 0 Å². The Morgan fingerprint density at radius 3 is 2.14 bits per heavy atom. The van der Waals surface area contributed by atoms with E-state index >= 15 is 0 Å². The van der Waals surface area contributed by atoms with Crippen LogP contribution in [0.15, 0.2) is 47.4 Å². The molecule has 28 heavy (non-hydrogen) atoms. The molecule has 0 aromatic heterocycles. The molecule has 2 aromatic rings. The summed E-state index contributed by atoms with van der Waals surface area (Å²) in [5.41, 5.74) is 0.0967. The molecule has 0 saturated carbocycles. The molecule has 0 saturated heterocycles. The van der Waals surface area contributed by atoms with E-state index in [9.17, 15) is 18.1 Å². The third kappa shape index (κ3) is 7.76. The maximum Gasteiger partial charge on any atom is 1.00 e. The fourth-order valence-corrected chi connectivity index (χ4v) is 3.77. The predicted octanol–water partition coefficient (Wildman–Crippen LogP) is 2.10. The van der Waals surface area contributed by atoms with Crippen LogP contribution in [0, 0.1) is 0 Å². The van der Waals surface area contributed by atoms with Crippen molar-refractivity contribution in [2.45, 2.75) is 63.2 Å². The van der Waals surface area contributed by atoms with E-state index in [-0.39, 0.29) is 45.8 Å². The minimum atomic E-state index is -4.46. The molecule has 0 aliphatic carbocycles. The number of ether oxygens (including phenoxy) is 1. The number of hydrogen-bond acceptors (Lipinski definition) is 4. The number of hydrogen-bond donors (Lipinski definition) is 1. The summed E-state index contributed by atoms with van der Waals surface area (Å²) < 4.78 is 38.4. The van der Waals surface area contributed by atoms with Gasteiger partial charge in [-0.05, 0) is 42.7 Å². The van der Waals surface area contributed by atoms with Gasteiger partial charge in [0.2, 0.25) is 0 Å². The minimum absolute atomic E-state index is 0. The Morgan fingerprint density at radius 2 is 1.54 bits per heavy atom. The molecular formula is C21H27NaO5S. The molecule has 5 nitrogen and oxygen atoms in total. The Bertz CT molecular complexity index is 822. The van der Waals surface area contributed by atoms with E-state index < -0.39 is 15.9 Å². The fraction of sp³-hybridized carbons (Fsp3) is 0.429. The SMILES string of the molecule is CCCCCCCCCc1c(S(=O)(=O)O)ccc(Oc2ccccc2)c1[O-].[Na+]. The Kier molecular flexibility index (Phi) is 11.2. The molecule has 0 radical (unpaired) electrons. The van der Waals surface area contributed by atoms with E-state index in [4.69, 9.17) is 4.74 Å². The van der Waals surface area contributed by atoms with E-state index in [1.165, 1.54) is 31.4 Å². The first-order chi connectivity index (χ1) is 12.9. The summed E-state index contributed by atoms with van der Waals surface area (Å²) in [6.07, 6.45) is 7.70. The van der Waals surface area contributed by atoms with Gasteiger partial charge in [0.15, 0.2) is 0 Å². The second kappa shape index (κ2) is 12.5. The van der Waals surface area contributed by atoms with Crippen LogP contribution < -0.4 is 39.4 Å². The first-order valence-corrected chi connectivity index (χ1v) is 10.9. The standard InChI is InChI=1S/C21H28O5S.Na/c1-2-3-4-5-6-7-11-14-18-20(27(23,24)25)16-15-19(21(18)22)26-17-12-9-8-10-13-17;/h8-10,12-13,15-16,22H,2-7,11,14H2,1H3,(H,23,24,25);/q;+1/p-1. The maximum atomic E-state index is 12.7. The number of para-hydroxylation sites is 1. The van der Waals surface area contributed by atoms with Crippen LogP contribution in [0.2, 0.25) is 0 Å². The predicted molar refractivity (Wildman–Crippen MR) is 104 cm³/mol. The first kappa shape index (κ1) is 25.0. The zero-order valence-corrected chi connectivity index (χ0v) is 19.5. The third-order valence-corrected chi connectivity index (χ3v) is 5.40. The Labute approximate surface area is 190 Å². The quantitative estimate of drug-likeness (QED) is 0.346. The molecule has 0 aliphatic rings. The number of rotatable bonds is 11. The Balaban J connectivity index is 0.00000392. The van der Waals surface area contributed by atoms with Crippen molar-refractivity contribution in [3.8, 4) is 17.2 Å². The molecule has 0 aliphatic heterocycles. The van der Waals surface area contributed by atoms with Crippen molar-refractivity contribution in [1.82, 2.24) is 0 Å². The van der Waals surface area contributed by atoms with Crippen molar-refractivity contribution in [1.29, 1.82) is 0 Å². The van der Waals surface area contributed by atoms with Crippen molar-refractivity contribution in [2.75, 3.05) is 0 Å². The molecule has 0 atom stereocenters. The van der Waals surface area contributed by atoms with Crippen molar-refractivity contribution >= 4 is 10.1 Å². The summed E-state index contributed by atoms with van der Waals surface area (Å²) in [5, 5.41) is 12.7. The van der Waals surface area contributed by atoms with Gasteiger partial charge in [-0.3, -0.25) is 4.55 Å². The van der Waals surface area contributed by atoms with Gasteiger partial charge in [-0.15, -0.1) is 0 Å². The average molecular weight is 414 g/mol. The van der Waals surface area contributed by atoms with Crippen LogP contribution in [0.5, 0.6) is 17.2 Å². The number of unbranched alkanes of at least 4 members (excludes halogenated alkanes) is 6. The second-order valence-electron chi connectivity index (χ2n) is 6.63. The van der Waals surface area contributed by atoms with Crippen LogP contribution in [-0.2, 0) is 16.5 Å². The van der Waals surface area contributed by atoms with Crippen LogP contribution in [0.1, 0.15) is 57.4 Å². The molecule has 0 amide bonds. The first-order valence-electron chi connectivity index (χ1n) is 9.46. The van der Waals surface area contributed by atoms with Gasteiger partial charge in [0.1, 0.15) is 11.5 Å². The monoisotopic (exact) mass is 414 g/mol. The van der Waals surface area contributed by atoms with Crippen molar-refractivity contribution in [3.05, 3.63) is 48.0 Å². The van der Waals surface area contributed by atoms with Crippen molar-refractivity contribution in [3.63, 3.8) is 0 Å². The van der Waals surface area contributed by atoms with Crippen LogP contribution in [-0.4, -0.2) is 13.0 Å². The average Bonchev–Trinajstić information content (AvgIpc) is 2.63. The normalized spacial score (nSPS) is 11.1. The van der Waals surface area contributed by atoms with E-state index in [0.717, 1.165) is 19.3 Å². The third-order valence-electron chi connectivity index (χ3n) is 4.46. The van der Waals surface area contributed by atoms with Gasteiger partial charge < -0.3 is 9.84 Å². The maximum absolute atomic E-state index is 12.7. The van der Waals surface area contributed by atoms with Gasteiger partial charge in [-0.1, -0.05) is 69.4 Å². The molecule has 0 fully saturated rings. The Hall–Kier alpha value is -1.05. The van der Waals surface area contributed by atoms with Gasteiger partial charge in [0.25, 0.3) is 10.1 Å². The second-order valence-corrected chi connectivity index (χ2v) is 8.02. The molecule has 1 N–H and O–H groups in total. The smallest absolute Gasteiger partial charge is 0.870 e. The molecule has 0 unspecified atom stereocenters. The van der Waals surface area contributed by atoms with E-state index in [2.05, 4.69) is 6.92 Å². The molecule has 0 bridgehead atoms. The summed E-state index contributed by atoms with van der Waals surface area (Å²) in [7, 11) is -4.46. The molecule has 0 spiro atoms. The Morgan fingerprint density at radius 1 is 0.929 bits per heavy atom. The van der Waals surface area contributed by atoms with Crippen LogP contribution in [0.4, 0.5) is 0 Å².